The number of H-pyrrole nitrogens is 2. The predicted molar refractivity (Wildman–Crippen MR) is 131 cm³/mol. The molecule has 37 heavy (non-hydrogen) atoms. The number of hydrogen-bond acceptors (Lipinski definition) is 11. The summed E-state index contributed by atoms with van der Waals surface area (Å²) in [6.45, 7) is -0.308. The Bertz CT molecular complexity index is 1260. The number of rotatable bonds is 6. The van der Waals surface area contributed by atoms with Crippen LogP contribution in [0.3, 0.4) is 0 Å². The van der Waals surface area contributed by atoms with Gasteiger partial charge in [-0.05, 0) is 6.42 Å². The lowest BCUT2D eigenvalue weighted by atomic mass is 10.1. The molecule has 2 aromatic heterocycles. The molecule has 8 N–H and O–H groups in total. The average Bonchev–Trinajstić information content (AvgIpc) is 3.35. The highest BCUT2D eigenvalue weighted by atomic mass is 35.5. The summed E-state index contributed by atoms with van der Waals surface area (Å²) in [4.78, 5) is 49.8. The van der Waals surface area contributed by atoms with Gasteiger partial charge in [0.2, 0.25) is 0 Å². The van der Waals surface area contributed by atoms with Gasteiger partial charge in [0.25, 0.3) is 11.1 Å². The molecule has 0 radical (unpaired) electrons. The zero-order valence-electron chi connectivity index (χ0n) is 19.3. The van der Waals surface area contributed by atoms with Gasteiger partial charge in [0.05, 0.1) is 18.8 Å². The number of halogens is 2. The molecule has 7 atom stereocenters. The second kappa shape index (κ2) is 13.5. The second-order valence-corrected chi connectivity index (χ2v) is 8.55. The summed E-state index contributed by atoms with van der Waals surface area (Å²) in [5.74, 6) is 0.279. The van der Waals surface area contributed by atoms with Gasteiger partial charge in [0, 0.05) is 42.9 Å². The van der Waals surface area contributed by atoms with E-state index < -0.39 is 72.1 Å². The summed E-state index contributed by atoms with van der Waals surface area (Å²) in [6, 6.07) is 1.09. The zero-order chi connectivity index (χ0) is 26.6. The predicted octanol–water partition coefficient (Wildman–Crippen LogP) is -3.51. The molecular formula is C20H29Cl2N5O10. The van der Waals surface area contributed by atoms with Crippen molar-refractivity contribution >= 4 is 24.0 Å². The summed E-state index contributed by atoms with van der Waals surface area (Å²) in [6.07, 6.45) is -3.38. The van der Waals surface area contributed by atoms with E-state index in [0.717, 1.165) is 16.8 Å². The van der Waals surface area contributed by atoms with Crippen LogP contribution in [0.1, 0.15) is 24.4 Å². The van der Waals surface area contributed by atoms with Gasteiger partial charge in [-0.1, -0.05) is 0 Å². The molecule has 2 fully saturated rings. The van der Waals surface area contributed by atoms with Crippen LogP contribution >= 0.6 is 24.0 Å². The van der Waals surface area contributed by atoms with Crippen molar-refractivity contribution in [2.75, 3.05) is 19.0 Å². The molecule has 0 aliphatic carbocycles. The van der Waals surface area contributed by atoms with E-state index in [0.29, 0.717) is 12.0 Å². The third-order valence-electron chi connectivity index (χ3n) is 5.79. The highest BCUT2D eigenvalue weighted by Gasteiger charge is 2.43. The molecular weight excluding hydrogens is 541 g/mol. The quantitative estimate of drug-likeness (QED) is 0.168. The number of aliphatic hydroxyl groups excluding tert-OH is 4. The third kappa shape index (κ3) is 6.95. The molecule has 0 saturated carbocycles. The first kappa shape index (κ1) is 30.9. The number of nitrogens with two attached hydrogens (primary N) is 1. The summed E-state index contributed by atoms with van der Waals surface area (Å²) in [5, 5.41) is 37.8. The Hall–Kier alpha value is -2.34. The Kier molecular flexibility index (Phi) is 11.2. The maximum Gasteiger partial charge on any atom is 0.330 e. The van der Waals surface area contributed by atoms with Crippen LogP contribution in [0.4, 0.5) is 0 Å². The van der Waals surface area contributed by atoms with E-state index in [1.807, 2.05) is 4.98 Å². The Morgan fingerprint density at radius 2 is 1.70 bits per heavy atom. The highest BCUT2D eigenvalue weighted by Crippen LogP contribution is 2.28. The molecule has 0 spiro atoms. The standard InChI is InChI=1S/C11H16ClN3O4.C9H12N2O6.ClH/c12-2-1-6-5-15(11(18)14-10(6)17)9-3-7(16)8(4-13)19-9;12-3-4-6(14)7(15)8(17-4)11-2-1-5(13)10-9(11)16;/h5,7-9,16H,1-4,13H2,(H,14,17,18);1-2,4,6-8,12,14-15H,3H2,(H,10,13,16);1H/t7-,8+,9+;4-,6-,7-,8-;/m01./s1. The van der Waals surface area contributed by atoms with Crippen LogP contribution in [-0.4, -0.2) is 89.1 Å². The Morgan fingerprint density at radius 1 is 1.03 bits per heavy atom. The van der Waals surface area contributed by atoms with Crippen LogP contribution in [0.25, 0.3) is 0 Å². The minimum atomic E-state index is -1.35. The third-order valence-corrected chi connectivity index (χ3v) is 5.98. The topological polar surface area (TPSA) is 235 Å². The highest BCUT2D eigenvalue weighted by molar-refractivity contribution is 6.17. The lowest BCUT2D eigenvalue weighted by Crippen LogP contribution is -2.37. The molecule has 2 aliphatic heterocycles. The number of aromatic amines is 2. The van der Waals surface area contributed by atoms with Gasteiger partial charge in [-0.3, -0.25) is 28.7 Å². The van der Waals surface area contributed by atoms with Crippen molar-refractivity contribution in [3.05, 3.63) is 65.7 Å². The van der Waals surface area contributed by atoms with E-state index in [1.54, 1.807) is 0 Å². The molecule has 0 bridgehead atoms. The maximum atomic E-state index is 11.8. The number of aromatic nitrogens is 4. The Balaban J connectivity index is 0.000000255. The molecule has 15 nitrogen and oxygen atoms in total. The number of nitrogens with one attached hydrogen (secondary N) is 2. The fourth-order valence-electron chi connectivity index (χ4n) is 3.86. The number of alkyl halides is 1. The number of nitrogens with zero attached hydrogens (tertiary/aromatic N) is 2. The van der Waals surface area contributed by atoms with E-state index in [2.05, 4.69) is 4.98 Å². The SMILES string of the molecule is Cl.NC[C@H]1O[C@@H](n2cc(CCCl)c(=O)[nH]c2=O)C[C@@H]1O.O=c1ccn([C@@H]2O[C@H](CO)[C@@H](O)[C@H]2O)c(=O)[nH]1. The molecule has 17 heteroatoms. The van der Waals surface area contributed by atoms with E-state index in [4.69, 9.17) is 31.9 Å². The van der Waals surface area contributed by atoms with Crippen molar-refractivity contribution < 1.29 is 29.9 Å². The molecule has 0 aromatic carbocycles. The van der Waals surface area contributed by atoms with Gasteiger partial charge in [-0.15, -0.1) is 24.0 Å². The number of aliphatic hydroxyl groups is 4. The lowest BCUT2D eigenvalue weighted by Gasteiger charge is -2.16. The molecule has 0 unspecified atom stereocenters. The van der Waals surface area contributed by atoms with Crippen LogP contribution < -0.4 is 28.2 Å². The molecule has 0 amide bonds. The Morgan fingerprint density at radius 3 is 2.24 bits per heavy atom. The molecule has 208 valence electrons. The number of aryl methyl sites for hydroxylation is 1. The smallest absolute Gasteiger partial charge is 0.330 e. The van der Waals surface area contributed by atoms with Gasteiger partial charge in [-0.25, -0.2) is 9.59 Å². The van der Waals surface area contributed by atoms with Crippen molar-refractivity contribution in [1.82, 2.24) is 19.1 Å². The van der Waals surface area contributed by atoms with Crippen LogP contribution in [0.15, 0.2) is 37.6 Å². The Labute approximate surface area is 219 Å². The van der Waals surface area contributed by atoms with Crippen LogP contribution in [0.5, 0.6) is 0 Å². The minimum Gasteiger partial charge on any atom is -0.394 e. The van der Waals surface area contributed by atoms with Gasteiger partial charge in [-0.2, -0.15) is 0 Å². The number of hydrogen-bond donors (Lipinski definition) is 7. The average molecular weight is 570 g/mol. The molecule has 4 heterocycles. The molecule has 2 aliphatic rings. The minimum absolute atomic E-state index is 0. The monoisotopic (exact) mass is 569 g/mol. The summed E-state index contributed by atoms with van der Waals surface area (Å²) < 4.78 is 12.8. The van der Waals surface area contributed by atoms with Crippen LogP contribution in [-0.2, 0) is 15.9 Å². The first-order valence-electron chi connectivity index (χ1n) is 11.0. The molecule has 2 aromatic rings. The first-order chi connectivity index (χ1) is 17.1. The summed E-state index contributed by atoms with van der Waals surface area (Å²) in [5.41, 5.74) is 3.52. The first-order valence-corrected chi connectivity index (χ1v) is 11.5. The van der Waals surface area contributed by atoms with Crippen LogP contribution in [0, 0.1) is 0 Å². The van der Waals surface area contributed by atoms with Crippen molar-refractivity contribution in [1.29, 1.82) is 0 Å². The van der Waals surface area contributed by atoms with E-state index >= 15 is 0 Å². The van der Waals surface area contributed by atoms with Crippen molar-refractivity contribution in [3.63, 3.8) is 0 Å². The largest absolute Gasteiger partial charge is 0.394 e. The van der Waals surface area contributed by atoms with Gasteiger partial charge >= 0.3 is 11.4 Å². The van der Waals surface area contributed by atoms with Gasteiger partial charge in [0.1, 0.15) is 24.5 Å². The fourth-order valence-corrected chi connectivity index (χ4v) is 4.06. The van der Waals surface area contributed by atoms with E-state index in [1.165, 1.54) is 10.8 Å². The summed E-state index contributed by atoms with van der Waals surface area (Å²) >= 11 is 5.60. The maximum absolute atomic E-state index is 11.8. The fraction of sp³-hybridized carbons (Fsp3) is 0.600. The second-order valence-electron chi connectivity index (χ2n) is 8.17. The van der Waals surface area contributed by atoms with Crippen molar-refractivity contribution in [3.8, 4) is 0 Å². The summed E-state index contributed by atoms with van der Waals surface area (Å²) in [7, 11) is 0. The van der Waals surface area contributed by atoms with Crippen molar-refractivity contribution in [2.24, 2.45) is 5.73 Å². The number of ether oxygens (including phenoxy) is 2. The van der Waals surface area contributed by atoms with Gasteiger partial charge in [0.15, 0.2) is 6.23 Å². The zero-order valence-corrected chi connectivity index (χ0v) is 20.9. The molecule has 2 saturated heterocycles. The molecule has 4 rings (SSSR count). The van der Waals surface area contributed by atoms with Gasteiger partial charge < -0.3 is 35.6 Å². The van der Waals surface area contributed by atoms with Crippen molar-refractivity contribution in [2.45, 2.75) is 55.8 Å². The van der Waals surface area contributed by atoms with E-state index in [-0.39, 0.29) is 31.3 Å². The van der Waals surface area contributed by atoms with Crippen LogP contribution in [0.2, 0.25) is 0 Å². The van der Waals surface area contributed by atoms with E-state index in [9.17, 15) is 34.5 Å². The normalized spacial score (nSPS) is 28.9. The lowest BCUT2D eigenvalue weighted by molar-refractivity contribution is -0.0550.